The Morgan fingerprint density at radius 2 is 1.83 bits per heavy atom. The van der Waals surface area contributed by atoms with Crippen LogP contribution in [0, 0.1) is 5.82 Å². The zero-order chi connectivity index (χ0) is 25.2. The molecule has 0 unspecified atom stereocenters. The van der Waals surface area contributed by atoms with E-state index in [-0.39, 0.29) is 17.8 Å². The van der Waals surface area contributed by atoms with Crippen LogP contribution in [0.2, 0.25) is 10.0 Å². The zero-order valence-corrected chi connectivity index (χ0v) is 21.7. The molecule has 36 heavy (non-hydrogen) atoms. The maximum absolute atomic E-state index is 13.7. The summed E-state index contributed by atoms with van der Waals surface area (Å²) in [5.41, 5.74) is 5.41. The van der Waals surface area contributed by atoms with Crippen LogP contribution in [0.4, 0.5) is 4.39 Å². The molecular formula is C28H22Cl2FN3OS. The number of benzene rings is 3. The number of hydrogen-bond donors (Lipinski definition) is 1. The standard InChI is InChI=1S/C28H22Cl2FN3OS/c1-17(19-5-3-2-4-6-19)32-28(35)27-23-16-36-15-20(13-18-7-10-22(31)11-8-18)26(23)33-34(27)25-12-9-21(29)14-24(25)30/h2-14,17H,15-16H2,1H3,(H,32,35)/t17-/m1/s1. The first kappa shape index (κ1) is 24.6. The SMILES string of the molecule is C[C@@H](NC(=O)c1c2c(nn1-c1ccc(Cl)cc1Cl)C(=Cc1ccc(F)cc1)CSC2)c1ccccc1. The topological polar surface area (TPSA) is 46.9 Å². The van der Waals surface area contributed by atoms with Gasteiger partial charge in [0, 0.05) is 22.1 Å². The number of rotatable bonds is 5. The van der Waals surface area contributed by atoms with Crippen molar-refractivity contribution in [3.63, 3.8) is 0 Å². The number of nitrogens with one attached hydrogen (secondary N) is 1. The van der Waals surface area contributed by atoms with E-state index in [0.29, 0.717) is 27.2 Å². The van der Waals surface area contributed by atoms with E-state index in [1.807, 2.05) is 43.3 Å². The van der Waals surface area contributed by atoms with Crippen LogP contribution in [0.25, 0.3) is 17.3 Å². The second kappa shape index (κ2) is 10.5. The average molecular weight is 538 g/mol. The van der Waals surface area contributed by atoms with Gasteiger partial charge in [-0.25, -0.2) is 9.07 Å². The molecule has 1 N–H and O–H groups in total. The van der Waals surface area contributed by atoms with Crippen molar-refractivity contribution >= 4 is 52.5 Å². The molecule has 1 aliphatic rings. The lowest BCUT2D eigenvalue weighted by Crippen LogP contribution is -2.29. The van der Waals surface area contributed by atoms with Crippen molar-refractivity contribution in [3.8, 4) is 5.69 Å². The number of fused-ring (bicyclic) bond motifs is 1. The second-order valence-electron chi connectivity index (χ2n) is 8.50. The lowest BCUT2D eigenvalue weighted by molar-refractivity contribution is 0.0931. The molecule has 0 radical (unpaired) electrons. The molecule has 0 fully saturated rings. The van der Waals surface area contributed by atoms with Gasteiger partial charge in [0.25, 0.3) is 5.91 Å². The molecule has 1 aliphatic heterocycles. The summed E-state index contributed by atoms with van der Waals surface area (Å²) in [6.45, 7) is 1.95. The van der Waals surface area contributed by atoms with Crippen molar-refractivity contribution in [2.24, 2.45) is 0 Å². The van der Waals surface area contributed by atoms with E-state index in [9.17, 15) is 9.18 Å². The summed E-state index contributed by atoms with van der Waals surface area (Å²) in [5, 5.41) is 8.89. The summed E-state index contributed by atoms with van der Waals surface area (Å²) >= 11 is 14.4. The predicted octanol–water partition coefficient (Wildman–Crippen LogP) is 7.60. The van der Waals surface area contributed by atoms with Gasteiger partial charge in [0.15, 0.2) is 0 Å². The fourth-order valence-corrected chi connectivity index (χ4v) is 5.71. The molecule has 0 saturated heterocycles. The van der Waals surface area contributed by atoms with Crippen LogP contribution in [0.1, 0.15) is 45.8 Å². The fraction of sp³-hybridized carbons (Fsp3) is 0.143. The highest BCUT2D eigenvalue weighted by Crippen LogP contribution is 2.37. The first-order chi connectivity index (χ1) is 17.4. The monoisotopic (exact) mass is 537 g/mol. The number of aromatic nitrogens is 2. The van der Waals surface area contributed by atoms with Gasteiger partial charge in [-0.3, -0.25) is 4.79 Å². The molecule has 1 atom stereocenters. The van der Waals surface area contributed by atoms with Crippen LogP contribution in [-0.4, -0.2) is 21.4 Å². The van der Waals surface area contributed by atoms with Gasteiger partial charge in [-0.15, -0.1) is 0 Å². The van der Waals surface area contributed by atoms with Gasteiger partial charge in [0.2, 0.25) is 0 Å². The third kappa shape index (κ3) is 5.07. The van der Waals surface area contributed by atoms with Crippen molar-refractivity contribution in [2.45, 2.75) is 18.7 Å². The predicted molar refractivity (Wildman–Crippen MR) is 146 cm³/mol. The lowest BCUT2D eigenvalue weighted by atomic mass is 10.0. The van der Waals surface area contributed by atoms with Crippen LogP contribution < -0.4 is 5.32 Å². The molecule has 4 aromatic rings. The first-order valence-corrected chi connectivity index (χ1v) is 13.3. The van der Waals surface area contributed by atoms with Crippen molar-refractivity contribution in [1.29, 1.82) is 0 Å². The largest absolute Gasteiger partial charge is 0.344 e. The summed E-state index contributed by atoms with van der Waals surface area (Å²) in [4.78, 5) is 13.7. The van der Waals surface area contributed by atoms with Crippen molar-refractivity contribution in [3.05, 3.63) is 117 Å². The molecule has 0 spiro atoms. The molecule has 182 valence electrons. The van der Waals surface area contributed by atoms with E-state index in [0.717, 1.165) is 33.7 Å². The van der Waals surface area contributed by atoms with E-state index in [1.54, 1.807) is 46.8 Å². The van der Waals surface area contributed by atoms with E-state index in [2.05, 4.69) is 5.32 Å². The van der Waals surface area contributed by atoms with Crippen molar-refractivity contribution in [2.75, 3.05) is 5.75 Å². The van der Waals surface area contributed by atoms with Crippen LogP contribution in [0.15, 0.2) is 72.8 Å². The van der Waals surface area contributed by atoms with Gasteiger partial charge in [0.1, 0.15) is 11.5 Å². The average Bonchev–Trinajstić information content (AvgIpc) is 3.26. The highest BCUT2D eigenvalue weighted by atomic mass is 35.5. The normalized spacial score (nSPS) is 14.9. The fourth-order valence-electron chi connectivity index (χ4n) is 4.20. The van der Waals surface area contributed by atoms with Crippen LogP contribution in [0.5, 0.6) is 0 Å². The molecule has 1 amide bonds. The number of hydrogen-bond acceptors (Lipinski definition) is 3. The van der Waals surface area contributed by atoms with Gasteiger partial charge in [0.05, 0.1) is 22.4 Å². The molecule has 5 rings (SSSR count). The van der Waals surface area contributed by atoms with Crippen molar-refractivity contribution in [1.82, 2.24) is 15.1 Å². The molecular weight excluding hydrogens is 516 g/mol. The summed E-state index contributed by atoms with van der Waals surface area (Å²) in [5.74, 6) is 0.819. The Labute approximate surface area is 223 Å². The maximum Gasteiger partial charge on any atom is 0.270 e. The maximum atomic E-state index is 13.7. The van der Waals surface area contributed by atoms with Gasteiger partial charge in [-0.1, -0.05) is 65.7 Å². The minimum atomic E-state index is -0.288. The molecule has 0 bridgehead atoms. The Morgan fingerprint density at radius 1 is 1.08 bits per heavy atom. The number of thioether (sulfide) groups is 1. The van der Waals surface area contributed by atoms with E-state index >= 15 is 0 Å². The van der Waals surface area contributed by atoms with E-state index < -0.39 is 0 Å². The van der Waals surface area contributed by atoms with Gasteiger partial charge in [-0.05, 0) is 60.0 Å². The lowest BCUT2D eigenvalue weighted by Gasteiger charge is -2.18. The number of nitrogens with zero attached hydrogens (tertiary/aromatic N) is 2. The summed E-state index contributed by atoms with van der Waals surface area (Å²) in [6, 6.07) is 21.0. The van der Waals surface area contributed by atoms with Crippen LogP contribution in [0.3, 0.4) is 0 Å². The second-order valence-corrected chi connectivity index (χ2v) is 10.3. The highest BCUT2D eigenvalue weighted by molar-refractivity contribution is 7.99. The molecule has 0 saturated carbocycles. The Balaban J connectivity index is 1.61. The smallest absolute Gasteiger partial charge is 0.270 e. The number of carbonyl (C=O) groups is 1. The van der Waals surface area contributed by atoms with Gasteiger partial charge < -0.3 is 5.32 Å². The first-order valence-electron chi connectivity index (χ1n) is 11.4. The molecule has 1 aromatic heterocycles. The zero-order valence-electron chi connectivity index (χ0n) is 19.3. The Morgan fingerprint density at radius 3 is 2.56 bits per heavy atom. The van der Waals surface area contributed by atoms with Crippen molar-refractivity contribution < 1.29 is 9.18 Å². The third-order valence-corrected chi connectivity index (χ3v) is 7.55. The van der Waals surface area contributed by atoms with Crippen LogP contribution in [-0.2, 0) is 5.75 Å². The minimum absolute atomic E-state index is 0.205. The van der Waals surface area contributed by atoms with Gasteiger partial charge in [-0.2, -0.15) is 16.9 Å². The molecule has 8 heteroatoms. The molecule has 3 aromatic carbocycles. The van der Waals surface area contributed by atoms with Gasteiger partial charge >= 0.3 is 0 Å². The Bertz CT molecular complexity index is 1450. The molecule has 4 nitrogen and oxygen atoms in total. The van der Waals surface area contributed by atoms with Crippen LogP contribution >= 0.6 is 35.0 Å². The Hall–Kier alpha value is -3.06. The number of halogens is 3. The van der Waals surface area contributed by atoms with E-state index in [4.69, 9.17) is 28.3 Å². The summed E-state index contributed by atoms with van der Waals surface area (Å²) < 4.78 is 15.0. The number of carbonyl (C=O) groups excluding carboxylic acids is 1. The third-order valence-electron chi connectivity index (χ3n) is 6.00. The molecule has 0 aliphatic carbocycles. The van der Waals surface area contributed by atoms with E-state index in [1.165, 1.54) is 12.1 Å². The number of amides is 1. The minimum Gasteiger partial charge on any atom is -0.344 e. The summed E-state index contributed by atoms with van der Waals surface area (Å²) in [6.07, 6.45) is 1.99. The quantitative estimate of drug-likeness (QED) is 0.285. The Kier molecular flexibility index (Phi) is 7.19. The molecule has 2 heterocycles. The summed E-state index contributed by atoms with van der Waals surface area (Å²) in [7, 11) is 0. The highest BCUT2D eigenvalue weighted by Gasteiger charge is 2.30.